The summed E-state index contributed by atoms with van der Waals surface area (Å²) in [6, 6.07) is 2.94. The van der Waals surface area contributed by atoms with Gasteiger partial charge in [-0.05, 0) is 43.1 Å². The second-order valence-electron chi connectivity index (χ2n) is 8.68. The van der Waals surface area contributed by atoms with Crippen molar-refractivity contribution < 1.29 is 13.6 Å². The predicted molar refractivity (Wildman–Crippen MR) is 114 cm³/mol. The van der Waals surface area contributed by atoms with Crippen molar-refractivity contribution in [2.75, 3.05) is 0 Å². The number of hydrogen-bond acceptors (Lipinski definition) is 3. The van der Waals surface area contributed by atoms with Gasteiger partial charge in [-0.25, -0.2) is 8.78 Å². The molecule has 2 atom stereocenters. The largest absolute Gasteiger partial charge is 0.364 e. The zero-order valence-corrected chi connectivity index (χ0v) is 17.5. The third-order valence-electron chi connectivity index (χ3n) is 6.73. The molecule has 0 bridgehead atoms. The van der Waals surface area contributed by atoms with E-state index in [9.17, 15) is 18.4 Å². The average molecular weight is 420 g/mol. The number of nitrogens with two attached hydrogens (primary N) is 1. The molecule has 2 saturated carbocycles. The van der Waals surface area contributed by atoms with Gasteiger partial charge in [-0.2, -0.15) is 0 Å². The number of primary amides is 1. The van der Waals surface area contributed by atoms with Gasteiger partial charge < -0.3 is 10.7 Å². The SMILES string of the molecule is CC[C@H]1CCCC(C2CCC(F)(F)CC2)C1.NC(=O)c1nccc2[nH]ccc(=O)c12. The number of aromatic nitrogens is 2. The van der Waals surface area contributed by atoms with E-state index in [1.165, 1.54) is 50.6 Å². The molecule has 0 radical (unpaired) electrons. The summed E-state index contributed by atoms with van der Waals surface area (Å²) in [5, 5.41) is 0.238. The van der Waals surface area contributed by atoms with Crippen molar-refractivity contribution in [2.45, 2.75) is 70.6 Å². The number of fused-ring (bicyclic) bond motifs is 1. The van der Waals surface area contributed by atoms with Crippen LogP contribution in [0.15, 0.2) is 29.3 Å². The Labute approximate surface area is 175 Å². The summed E-state index contributed by atoms with van der Waals surface area (Å²) in [5.41, 5.74) is 5.39. The van der Waals surface area contributed by atoms with E-state index in [2.05, 4.69) is 16.9 Å². The van der Waals surface area contributed by atoms with E-state index >= 15 is 0 Å². The summed E-state index contributed by atoms with van der Waals surface area (Å²) >= 11 is 0. The highest BCUT2D eigenvalue weighted by molar-refractivity contribution is 6.03. The smallest absolute Gasteiger partial charge is 0.268 e. The first-order chi connectivity index (χ1) is 14.3. The van der Waals surface area contributed by atoms with E-state index in [0.717, 1.165) is 24.7 Å². The molecular weight excluding hydrogens is 388 g/mol. The number of nitrogens with one attached hydrogen (secondary N) is 1. The lowest BCUT2D eigenvalue weighted by Gasteiger charge is -2.38. The molecule has 4 rings (SSSR count). The van der Waals surface area contributed by atoms with Gasteiger partial charge in [-0.15, -0.1) is 0 Å². The fourth-order valence-electron chi connectivity index (χ4n) is 4.97. The van der Waals surface area contributed by atoms with Crippen LogP contribution in [0.4, 0.5) is 8.78 Å². The zero-order chi connectivity index (χ0) is 21.7. The van der Waals surface area contributed by atoms with Crippen LogP contribution in [0, 0.1) is 17.8 Å². The molecule has 1 amide bonds. The Morgan fingerprint density at radius 2 is 1.93 bits per heavy atom. The van der Waals surface area contributed by atoms with Gasteiger partial charge in [0.25, 0.3) is 5.91 Å². The summed E-state index contributed by atoms with van der Waals surface area (Å²) in [5.74, 6) is -0.813. The van der Waals surface area contributed by atoms with Gasteiger partial charge >= 0.3 is 0 Å². The number of pyridine rings is 2. The van der Waals surface area contributed by atoms with E-state index < -0.39 is 11.8 Å². The summed E-state index contributed by atoms with van der Waals surface area (Å²) < 4.78 is 26.2. The molecule has 2 fully saturated rings. The van der Waals surface area contributed by atoms with Gasteiger partial charge in [-0.1, -0.05) is 32.6 Å². The minimum absolute atomic E-state index is 0.00403. The lowest BCUT2D eigenvalue weighted by molar-refractivity contribution is -0.0555. The molecule has 1 unspecified atom stereocenters. The van der Waals surface area contributed by atoms with Gasteiger partial charge in [-0.3, -0.25) is 14.6 Å². The Hall–Kier alpha value is -2.31. The van der Waals surface area contributed by atoms with Crippen LogP contribution in [0.1, 0.15) is 75.2 Å². The maximum absolute atomic E-state index is 13.1. The fourth-order valence-corrected chi connectivity index (χ4v) is 4.97. The van der Waals surface area contributed by atoms with Crippen molar-refractivity contribution in [3.63, 3.8) is 0 Å². The molecule has 164 valence electrons. The van der Waals surface area contributed by atoms with Crippen LogP contribution in [0.2, 0.25) is 0 Å². The minimum Gasteiger partial charge on any atom is -0.364 e. The normalized spacial score (nSPS) is 24.1. The van der Waals surface area contributed by atoms with Crippen LogP contribution in [0.5, 0.6) is 0 Å². The molecule has 2 aliphatic carbocycles. The third kappa shape index (κ3) is 5.43. The van der Waals surface area contributed by atoms with Crippen LogP contribution in [0.3, 0.4) is 0 Å². The molecule has 2 heterocycles. The van der Waals surface area contributed by atoms with Crippen LogP contribution in [0.25, 0.3) is 10.9 Å². The molecule has 3 N–H and O–H groups in total. The summed E-state index contributed by atoms with van der Waals surface area (Å²) in [7, 11) is 0. The molecule has 2 aromatic rings. The van der Waals surface area contributed by atoms with E-state index in [-0.39, 0.29) is 29.4 Å². The Morgan fingerprint density at radius 3 is 2.60 bits per heavy atom. The van der Waals surface area contributed by atoms with Crippen molar-refractivity contribution in [3.05, 3.63) is 40.4 Å². The molecular formula is C23H31F2N3O2. The Bertz CT molecular complexity index is 913. The molecule has 30 heavy (non-hydrogen) atoms. The number of carbonyl (C=O) groups excluding carboxylic acids is 1. The number of aromatic amines is 1. The lowest BCUT2D eigenvalue weighted by atomic mass is 9.69. The lowest BCUT2D eigenvalue weighted by Crippen LogP contribution is -2.30. The third-order valence-corrected chi connectivity index (χ3v) is 6.73. The highest BCUT2D eigenvalue weighted by Gasteiger charge is 2.38. The van der Waals surface area contributed by atoms with Crippen molar-refractivity contribution in [1.82, 2.24) is 9.97 Å². The number of H-pyrrole nitrogens is 1. The second kappa shape index (κ2) is 9.67. The maximum Gasteiger partial charge on any atom is 0.268 e. The second-order valence-corrected chi connectivity index (χ2v) is 8.68. The Morgan fingerprint density at radius 1 is 1.20 bits per heavy atom. The maximum atomic E-state index is 13.1. The van der Waals surface area contributed by atoms with Gasteiger partial charge in [0, 0.05) is 31.3 Å². The molecule has 0 saturated heterocycles. The quantitative estimate of drug-likeness (QED) is 0.729. The first kappa shape index (κ1) is 22.4. The molecule has 7 heteroatoms. The number of hydrogen-bond donors (Lipinski definition) is 2. The van der Waals surface area contributed by atoms with Crippen LogP contribution in [-0.4, -0.2) is 21.8 Å². The van der Waals surface area contributed by atoms with E-state index in [1.807, 2.05) is 0 Å². The summed E-state index contributed by atoms with van der Waals surface area (Å²) in [6.07, 6.45) is 11.4. The van der Waals surface area contributed by atoms with Gasteiger partial charge in [0.05, 0.1) is 10.9 Å². The van der Waals surface area contributed by atoms with Crippen LogP contribution < -0.4 is 11.2 Å². The molecule has 2 aliphatic rings. The Kier molecular flexibility index (Phi) is 7.21. The number of halogens is 2. The molecule has 0 spiro atoms. The monoisotopic (exact) mass is 419 g/mol. The standard InChI is InChI=1S/C14H24F2.C9H7N3O2/c1-2-11-4-3-5-13(10-11)12-6-8-14(15,16)9-7-12;10-9(14)8-7-5(1-3-12-8)11-4-2-6(7)13/h11-13H,2-10H2,1H3;1-4H,(H2,10,14)(H,11,13)/t11-,13?;/m0./s1. The molecule has 5 nitrogen and oxygen atoms in total. The molecule has 2 aromatic heterocycles. The average Bonchev–Trinajstić information content (AvgIpc) is 2.74. The highest BCUT2D eigenvalue weighted by Crippen LogP contribution is 2.44. The van der Waals surface area contributed by atoms with Crippen molar-refractivity contribution in [1.29, 1.82) is 0 Å². The Balaban J connectivity index is 0.000000172. The van der Waals surface area contributed by atoms with Crippen LogP contribution >= 0.6 is 0 Å². The molecule has 0 aliphatic heterocycles. The van der Waals surface area contributed by atoms with E-state index in [0.29, 0.717) is 11.4 Å². The number of carbonyl (C=O) groups is 1. The summed E-state index contributed by atoms with van der Waals surface area (Å²) in [6.45, 7) is 2.27. The van der Waals surface area contributed by atoms with Crippen molar-refractivity contribution in [3.8, 4) is 0 Å². The number of alkyl halides is 2. The zero-order valence-electron chi connectivity index (χ0n) is 17.5. The van der Waals surface area contributed by atoms with E-state index in [4.69, 9.17) is 5.73 Å². The van der Waals surface area contributed by atoms with Gasteiger partial charge in [0.2, 0.25) is 5.92 Å². The van der Waals surface area contributed by atoms with E-state index in [1.54, 1.807) is 6.07 Å². The number of amides is 1. The first-order valence-corrected chi connectivity index (χ1v) is 10.9. The van der Waals surface area contributed by atoms with Crippen molar-refractivity contribution >= 4 is 16.8 Å². The van der Waals surface area contributed by atoms with Crippen LogP contribution in [-0.2, 0) is 0 Å². The fraction of sp³-hybridized carbons (Fsp3) is 0.609. The molecule has 0 aromatic carbocycles. The van der Waals surface area contributed by atoms with Gasteiger partial charge in [0.1, 0.15) is 5.69 Å². The topological polar surface area (TPSA) is 88.8 Å². The van der Waals surface area contributed by atoms with Crippen molar-refractivity contribution in [2.24, 2.45) is 23.5 Å². The number of nitrogens with zero attached hydrogens (tertiary/aromatic N) is 1. The minimum atomic E-state index is -2.35. The number of rotatable bonds is 3. The first-order valence-electron chi connectivity index (χ1n) is 10.9. The van der Waals surface area contributed by atoms with Gasteiger partial charge in [0.15, 0.2) is 5.43 Å². The predicted octanol–water partition coefficient (Wildman–Crippen LogP) is 5.05. The summed E-state index contributed by atoms with van der Waals surface area (Å²) in [4.78, 5) is 29.0. The highest BCUT2D eigenvalue weighted by atomic mass is 19.3.